The van der Waals surface area contributed by atoms with Crippen LogP contribution < -0.4 is 10.6 Å². The molecule has 0 aliphatic heterocycles. The van der Waals surface area contributed by atoms with E-state index in [0.717, 1.165) is 11.3 Å². The van der Waals surface area contributed by atoms with Crippen LogP contribution in [0.15, 0.2) is 24.3 Å². The zero-order chi connectivity index (χ0) is 12.0. The molecule has 0 radical (unpaired) electrons. The first-order chi connectivity index (χ1) is 7.69. The van der Waals surface area contributed by atoms with Gasteiger partial charge in [0.2, 0.25) is 0 Å². The Morgan fingerprint density at radius 2 is 1.76 bits per heavy atom. The molecule has 98 valence electrons. The van der Waals surface area contributed by atoms with Crippen molar-refractivity contribution in [3.8, 4) is 0 Å². The van der Waals surface area contributed by atoms with E-state index < -0.39 is 0 Å². The van der Waals surface area contributed by atoms with Crippen LogP contribution in [0.3, 0.4) is 0 Å². The highest BCUT2D eigenvalue weighted by Gasteiger charge is 2.06. The van der Waals surface area contributed by atoms with Gasteiger partial charge in [0.05, 0.1) is 6.61 Å². The predicted octanol–water partition coefficient (Wildman–Crippen LogP) is 0.919. The number of hydrogen-bond donors (Lipinski definition) is 3. The highest BCUT2D eigenvalue weighted by molar-refractivity contribution is 5.85. The minimum absolute atomic E-state index is 0. The maximum atomic E-state index is 8.82. The quantitative estimate of drug-likeness (QED) is 0.711. The minimum atomic E-state index is -0.109. The monoisotopic (exact) mass is 260 g/mol. The number of halogens is 1. The van der Waals surface area contributed by atoms with E-state index in [-0.39, 0.29) is 31.7 Å². The molecule has 17 heavy (non-hydrogen) atoms. The average Bonchev–Trinajstić information content (AvgIpc) is 2.30. The van der Waals surface area contributed by atoms with Gasteiger partial charge in [-0.15, -0.1) is 12.4 Å². The number of nitrogens with two attached hydrogens (primary N) is 1. The van der Waals surface area contributed by atoms with Crippen LogP contribution in [0.1, 0.15) is 18.0 Å². The normalized spacial score (nSPS) is 11.8. The van der Waals surface area contributed by atoms with Crippen molar-refractivity contribution < 1.29 is 10.2 Å². The smallest absolute Gasteiger partial charge is 0.0606 e. The van der Waals surface area contributed by atoms with E-state index in [2.05, 4.69) is 0 Å². The van der Waals surface area contributed by atoms with Gasteiger partial charge in [0, 0.05) is 31.9 Å². The van der Waals surface area contributed by atoms with Crippen molar-refractivity contribution >= 4 is 18.1 Å². The number of aliphatic hydroxyl groups excluding tert-OH is 2. The third-order valence-electron chi connectivity index (χ3n) is 2.64. The molecular formula is C12H21ClN2O2. The summed E-state index contributed by atoms with van der Waals surface area (Å²) in [6, 6.07) is 7.76. The van der Waals surface area contributed by atoms with E-state index in [1.165, 1.54) is 0 Å². The number of aliphatic hydroxyl groups is 2. The molecule has 1 rings (SSSR count). The van der Waals surface area contributed by atoms with Gasteiger partial charge in [-0.3, -0.25) is 0 Å². The number of rotatable bonds is 6. The number of likely N-dealkylation sites (N-methyl/N-ethyl adjacent to an activating group) is 1. The first-order valence-electron chi connectivity index (χ1n) is 5.47. The van der Waals surface area contributed by atoms with E-state index in [0.29, 0.717) is 13.0 Å². The summed E-state index contributed by atoms with van der Waals surface area (Å²) in [6.45, 7) is 0.859. The molecule has 0 aromatic heterocycles. The topological polar surface area (TPSA) is 69.7 Å². The summed E-state index contributed by atoms with van der Waals surface area (Å²) in [5, 5.41) is 17.6. The number of nitrogens with zero attached hydrogens (tertiary/aromatic N) is 1. The molecule has 0 spiro atoms. The Balaban J connectivity index is 0.00000256. The molecule has 0 fully saturated rings. The van der Waals surface area contributed by atoms with Gasteiger partial charge in [0.1, 0.15) is 0 Å². The maximum absolute atomic E-state index is 8.82. The standard InChI is InChI=1S/C12H20N2O2.ClH/c1-14(7-9-16)11-4-2-10(3-5-11)12(13)6-8-15;/h2-5,12,15-16H,6-9,13H2,1H3;1H. The Hall–Kier alpha value is -0.810. The molecule has 0 bridgehead atoms. The fourth-order valence-corrected chi connectivity index (χ4v) is 1.56. The second-order valence-electron chi connectivity index (χ2n) is 3.86. The first kappa shape index (κ1) is 16.2. The van der Waals surface area contributed by atoms with Crippen LogP contribution in [0.2, 0.25) is 0 Å². The van der Waals surface area contributed by atoms with Crippen LogP contribution in [0.5, 0.6) is 0 Å². The van der Waals surface area contributed by atoms with Crippen molar-refractivity contribution in [3.05, 3.63) is 29.8 Å². The molecule has 1 atom stereocenters. The predicted molar refractivity (Wildman–Crippen MR) is 72.7 cm³/mol. The summed E-state index contributed by atoms with van der Waals surface area (Å²) in [5.74, 6) is 0. The minimum Gasteiger partial charge on any atom is -0.396 e. The second-order valence-corrected chi connectivity index (χ2v) is 3.86. The van der Waals surface area contributed by atoms with Crippen molar-refractivity contribution in [2.75, 3.05) is 31.7 Å². The molecule has 4 nitrogen and oxygen atoms in total. The fourth-order valence-electron chi connectivity index (χ4n) is 1.56. The SMILES string of the molecule is CN(CCO)c1ccc(C(N)CCO)cc1.Cl. The van der Waals surface area contributed by atoms with Crippen LogP contribution in [-0.2, 0) is 0 Å². The molecule has 0 saturated carbocycles. The Morgan fingerprint density at radius 1 is 1.18 bits per heavy atom. The van der Waals surface area contributed by atoms with Crippen molar-refractivity contribution in [3.63, 3.8) is 0 Å². The molecule has 0 heterocycles. The van der Waals surface area contributed by atoms with Crippen LogP contribution in [0.25, 0.3) is 0 Å². The van der Waals surface area contributed by atoms with Gasteiger partial charge in [-0.05, 0) is 24.1 Å². The molecule has 0 amide bonds. The fraction of sp³-hybridized carbons (Fsp3) is 0.500. The van der Waals surface area contributed by atoms with Gasteiger partial charge in [-0.1, -0.05) is 12.1 Å². The zero-order valence-corrected chi connectivity index (χ0v) is 10.9. The van der Waals surface area contributed by atoms with E-state index in [4.69, 9.17) is 15.9 Å². The summed E-state index contributed by atoms with van der Waals surface area (Å²) >= 11 is 0. The third kappa shape index (κ3) is 4.91. The lowest BCUT2D eigenvalue weighted by Crippen LogP contribution is -2.21. The van der Waals surface area contributed by atoms with Crippen molar-refractivity contribution in [1.29, 1.82) is 0 Å². The molecule has 1 aromatic rings. The van der Waals surface area contributed by atoms with Crippen LogP contribution in [0, 0.1) is 0 Å². The molecule has 1 aromatic carbocycles. The molecule has 0 aliphatic carbocycles. The lowest BCUT2D eigenvalue weighted by Gasteiger charge is -2.19. The van der Waals surface area contributed by atoms with Crippen LogP contribution in [0.4, 0.5) is 5.69 Å². The zero-order valence-electron chi connectivity index (χ0n) is 10.0. The van der Waals surface area contributed by atoms with Gasteiger partial charge in [-0.25, -0.2) is 0 Å². The summed E-state index contributed by atoms with van der Waals surface area (Å²) < 4.78 is 0. The average molecular weight is 261 g/mol. The van der Waals surface area contributed by atoms with E-state index in [1.807, 2.05) is 36.2 Å². The second kappa shape index (κ2) is 8.31. The van der Waals surface area contributed by atoms with Gasteiger partial charge < -0.3 is 20.8 Å². The van der Waals surface area contributed by atoms with Gasteiger partial charge in [0.15, 0.2) is 0 Å². The number of anilines is 1. The van der Waals surface area contributed by atoms with E-state index >= 15 is 0 Å². The Bertz CT molecular complexity index is 275. The molecular weight excluding hydrogens is 240 g/mol. The van der Waals surface area contributed by atoms with Gasteiger partial charge in [0.25, 0.3) is 0 Å². The molecule has 5 heteroatoms. The molecule has 1 unspecified atom stereocenters. The highest BCUT2D eigenvalue weighted by atomic mass is 35.5. The summed E-state index contributed by atoms with van der Waals surface area (Å²) in [4.78, 5) is 1.97. The number of benzene rings is 1. The summed E-state index contributed by atoms with van der Waals surface area (Å²) in [7, 11) is 1.93. The Kier molecular flexibility index (Phi) is 7.91. The third-order valence-corrected chi connectivity index (χ3v) is 2.64. The largest absolute Gasteiger partial charge is 0.396 e. The maximum Gasteiger partial charge on any atom is 0.0606 e. The van der Waals surface area contributed by atoms with Crippen molar-refractivity contribution in [2.45, 2.75) is 12.5 Å². The molecule has 0 aliphatic rings. The van der Waals surface area contributed by atoms with E-state index in [1.54, 1.807) is 0 Å². The number of hydrogen-bond acceptors (Lipinski definition) is 4. The highest BCUT2D eigenvalue weighted by Crippen LogP contribution is 2.18. The van der Waals surface area contributed by atoms with Crippen molar-refractivity contribution in [2.24, 2.45) is 5.73 Å². The lowest BCUT2D eigenvalue weighted by molar-refractivity contribution is 0.276. The summed E-state index contributed by atoms with van der Waals surface area (Å²) in [5.41, 5.74) is 7.95. The van der Waals surface area contributed by atoms with Crippen LogP contribution in [-0.4, -0.2) is 37.0 Å². The van der Waals surface area contributed by atoms with Crippen LogP contribution >= 0.6 is 12.4 Å². The van der Waals surface area contributed by atoms with Gasteiger partial charge >= 0.3 is 0 Å². The molecule has 4 N–H and O–H groups in total. The Morgan fingerprint density at radius 3 is 2.24 bits per heavy atom. The van der Waals surface area contributed by atoms with Crippen molar-refractivity contribution in [1.82, 2.24) is 0 Å². The van der Waals surface area contributed by atoms with E-state index in [9.17, 15) is 0 Å². The molecule has 0 saturated heterocycles. The lowest BCUT2D eigenvalue weighted by atomic mass is 10.0. The Labute approximate surface area is 108 Å². The first-order valence-corrected chi connectivity index (χ1v) is 5.47. The summed E-state index contributed by atoms with van der Waals surface area (Å²) in [6.07, 6.45) is 0.575. The van der Waals surface area contributed by atoms with Gasteiger partial charge in [-0.2, -0.15) is 0 Å².